The number of hydrogen-bond donors (Lipinski definition) is 2. The van der Waals surface area contributed by atoms with Gasteiger partial charge in [0.05, 0.1) is 5.02 Å². The van der Waals surface area contributed by atoms with Gasteiger partial charge >= 0.3 is 0 Å². The van der Waals surface area contributed by atoms with E-state index >= 15 is 4.39 Å². The summed E-state index contributed by atoms with van der Waals surface area (Å²) in [7, 11) is 0. The molecule has 2 atom stereocenters. The molecule has 2 fully saturated rings. The van der Waals surface area contributed by atoms with Gasteiger partial charge in [-0.1, -0.05) is 11.6 Å². The molecular weight excluding hydrogens is 482 g/mol. The van der Waals surface area contributed by atoms with Crippen LogP contribution in [0, 0.1) is 5.82 Å². The van der Waals surface area contributed by atoms with Crippen LogP contribution in [0.25, 0.3) is 0 Å². The third-order valence-corrected chi connectivity index (χ3v) is 7.08. The van der Waals surface area contributed by atoms with Crippen molar-refractivity contribution in [3.8, 4) is 0 Å². The van der Waals surface area contributed by atoms with E-state index in [0.29, 0.717) is 17.5 Å². The van der Waals surface area contributed by atoms with Gasteiger partial charge in [0.25, 0.3) is 11.8 Å². The van der Waals surface area contributed by atoms with Crippen molar-refractivity contribution in [3.63, 3.8) is 0 Å². The van der Waals surface area contributed by atoms with E-state index in [2.05, 4.69) is 15.6 Å². The lowest BCUT2D eigenvalue weighted by Crippen LogP contribution is -2.52. The molecule has 2 aliphatic heterocycles. The van der Waals surface area contributed by atoms with Crippen LogP contribution in [0.15, 0.2) is 30.5 Å². The number of benzene rings is 1. The molecule has 3 heterocycles. The zero-order valence-corrected chi connectivity index (χ0v) is 19.2. The Morgan fingerprint density at radius 2 is 2.03 bits per heavy atom. The van der Waals surface area contributed by atoms with Gasteiger partial charge in [-0.15, -0.1) is 0 Å². The first-order chi connectivity index (χ1) is 16.7. The van der Waals surface area contributed by atoms with Gasteiger partial charge in [0.2, 0.25) is 11.8 Å². The second-order valence-corrected chi connectivity index (χ2v) is 9.52. The Bertz CT molecular complexity index is 1270. The fourth-order valence-corrected chi connectivity index (χ4v) is 4.96. The van der Waals surface area contributed by atoms with Crippen molar-refractivity contribution in [3.05, 3.63) is 63.7 Å². The maximum absolute atomic E-state index is 15.4. The van der Waals surface area contributed by atoms with Gasteiger partial charge in [0.1, 0.15) is 29.3 Å². The lowest BCUT2D eigenvalue weighted by Gasteiger charge is -2.40. The van der Waals surface area contributed by atoms with Gasteiger partial charge in [-0.25, -0.2) is 8.78 Å². The monoisotopic (exact) mass is 502 g/mol. The molecule has 0 radical (unpaired) electrons. The summed E-state index contributed by atoms with van der Waals surface area (Å²) in [5.41, 5.74) is -1.05. The van der Waals surface area contributed by atoms with Crippen LogP contribution in [0.5, 0.6) is 0 Å². The van der Waals surface area contributed by atoms with Crippen LogP contribution in [0.3, 0.4) is 0 Å². The number of aromatic nitrogens is 1. The first-order valence-corrected chi connectivity index (χ1v) is 11.6. The maximum Gasteiger partial charge on any atom is 0.255 e. The fraction of sp³-hybridized carbons (Fsp3) is 0.375. The summed E-state index contributed by atoms with van der Waals surface area (Å²) in [4.78, 5) is 54.9. The van der Waals surface area contributed by atoms with Gasteiger partial charge in [-0.05, 0) is 55.5 Å². The van der Waals surface area contributed by atoms with Gasteiger partial charge in [-0.3, -0.25) is 29.5 Å². The lowest BCUT2D eigenvalue weighted by molar-refractivity contribution is -0.136. The minimum atomic E-state index is -1.84. The van der Waals surface area contributed by atoms with E-state index in [4.69, 9.17) is 11.6 Å². The second kappa shape index (κ2) is 8.67. The summed E-state index contributed by atoms with van der Waals surface area (Å²) >= 11 is 5.78. The van der Waals surface area contributed by atoms with Crippen LogP contribution in [-0.2, 0) is 16.1 Å². The Labute approximate surface area is 204 Å². The molecular formula is C24H21ClF2N4O4. The number of hydrogen-bond acceptors (Lipinski definition) is 5. The van der Waals surface area contributed by atoms with Crippen molar-refractivity contribution in [1.82, 2.24) is 20.5 Å². The third-order valence-electron chi connectivity index (χ3n) is 6.87. The molecule has 4 amide bonds. The van der Waals surface area contributed by atoms with Crippen molar-refractivity contribution in [1.29, 1.82) is 0 Å². The fourth-order valence-electron chi connectivity index (χ4n) is 4.81. The normalized spacial score (nSPS) is 21.7. The highest BCUT2D eigenvalue weighted by Crippen LogP contribution is 2.46. The Morgan fingerprint density at radius 1 is 1.26 bits per heavy atom. The summed E-state index contributed by atoms with van der Waals surface area (Å²) in [6.07, 6.45) is 2.47. The van der Waals surface area contributed by atoms with E-state index in [1.165, 1.54) is 29.3 Å². The zero-order valence-electron chi connectivity index (χ0n) is 18.4. The number of imide groups is 1. The van der Waals surface area contributed by atoms with E-state index in [0.717, 1.165) is 6.07 Å². The Hall–Kier alpha value is -3.40. The van der Waals surface area contributed by atoms with Crippen LogP contribution in [0.4, 0.5) is 8.78 Å². The number of nitrogens with one attached hydrogen (secondary N) is 2. The summed E-state index contributed by atoms with van der Waals surface area (Å²) in [6, 6.07) is 3.34. The first kappa shape index (κ1) is 23.3. The van der Waals surface area contributed by atoms with Gasteiger partial charge in [0, 0.05) is 30.3 Å². The molecule has 8 nitrogen and oxygen atoms in total. The highest BCUT2D eigenvalue weighted by molar-refractivity contribution is 6.30. The number of nitrogens with zero attached hydrogens (tertiary/aromatic N) is 2. The van der Waals surface area contributed by atoms with E-state index < -0.39 is 35.4 Å². The molecule has 1 aromatic carbocycles. The van der Waals surface area contributed by atoms with Crippen molar-refractivity contribution >= 4 is 35.2 Å². The average molecular weight is 503 g/mol. The number of halogens is 3. The SMILES string of the molecule is O=C1CC[C@H](N2Cc3cc(C(=O)N[C@H](c4ncc(Cl)cc4F)C4(F)CCC4)ccc3C2=O)C(=O)N1. The van der Waals surface area contributed by atoms with E-state index in [-0.39, 0.29) is 60.3 Å². The smallest absolute Gasteiger partial charge is 0.255 e. The predicted octanol–water partition coefficient (Wildman–Crippen LogP) is 3.00. The maximum atomic E-state index is 15.4. The lowest BCUT2D eigenvalue weighted by atomic mass is 9.75. The quantitative estimate of drug-likeness (QED) is 0.611. The number of carbonyl (C=O) groups excluding carboxylic acids is 4. The highest BCUT2D eigenvalue weighted by atomic mass is 35.5. The Balaban J connectivity index is 1.38. The standard InChI is InChI=1S/C24H21ClF2N4O4/c25-14-9-16(26)19(28-10-14)20(24(27)6-1-7-24)30-21(33)12-2-3-15-13(8-12)11-31(23(15)35)17-4-5-18(32)29-22(17)34/h2-3,8-10,17,20H,1,4-7,11H2,(H,30,33)(H,29,32,34)/t17-,20+/m0/s1. The Kier molecular flexibility index (Phi) is 5.79. The van der Waals surface area contributed by atoms with Crippen LogP contribution in [-0.4, -0.2) is 45.2 Å². The van der Waals surface area contributed by atoms with E-state index in [1.54, 1.807) is 0 Å². The molecule has 0 unspecified atom stereocenters. The topological polar surface area (TPSA) is 108 Å². The number of piperidine rings is 1. The van der Waals surface area contributed by atoms with Gasteiger partial charge in [0.15, 0.2) is 0 Å². The molecule has 11 heteroatoms. The summed E-state index contributed by atoms with van der Waals surface area (Å²) in [6.45, 7) is 0.0887. The van der Waals surface area contributed by atoms with Crippen LogP contribution in [0.2, 0.25) is 5.02 Å². The van der Waals surface area contributed by atoms with Crippen LogP contribution < -0.4 is 10.6 Å². The summed E-state index contributed by atoms with van der Waals surface area (Å²) in [5.74, 6) is -2.75. The summed E-state index contributed by atoms with van der Waals surface area (Å²) < 4.78 is 30.0. The molecule has 1 aromatic heterocycles. The average Bonchev–Trinajstić information content (AvgIpc) is 3.12. The molecule has 2 N–H and O–H groups in total. The second-order valence-electron chi connectivity index (χ2n) is 9.09. The minimum absolute atomic E-state index is 0.0571. The molecule has 1 saturated carbocycles. The van der Waals surface area contributed by atoms with E-state index in [9.17, 15) is 23.6 Å². The molecule has 0 bridgehead atoms. The molecule has 182 valence electrons. The number of alkyl halides is 1. The number of amides is 4. The van der Waals surface area contributed by atoms with Crippen molar-refractivity contribution in [2.75, 3.05) is 0 Å². The molecule has 1 aliphatic carbocycles. The third kappa shape index (κ3) is 4.16. The van der Waals surface area contributed by atoms with Gasteiger partial charge < -0.3 is 10.2 Å². The molecule has 5 rings (SSSR count). The molecule has 3 aliphatic rings. The van der Waals surface area contributed by atoms with Crippen LogP contribution in [0.1, 0.15) is 70.1 Å². The highest BCUT2D eigenvalue weighted by Gasteiger charge is 2.48. The number of pyridine rings is 1. The van der Waals surface area contributed by atoms with E-state index in [1.807, 2.05) is 0 Å². The van der Waals surface area contributed by atoms with Crippen LogP contribution >= 0.6 is 11.6 Å². The number of carbonyl (C=O) groups is 4. The van der Waals surface area contributed by atoms with Crippen molar-refractivity contribution in [2.45, 2.75) is 56.4 Å². The molecule has 0 spiro atoms. The largest absolute Gasteiger partial charge is 0.340 e. The molecule has 1 saturated heterocycles. The summed E-state index contributed by atoms with van der Waals surface area (Å²) in [5, 5.41) is 4.88. The number of fused-ring (bicyclic) bond motifs is 1. The van der Waals surface area contributed by atoms with Crippen molar-refractivity contribution in [2.24, 2.45) is 0 Å². The molecule has 2 aromatic rings. The minimum Gasteiger partial charge on any atom is -0.340 e. The predicted molar refractivity (Wildman–Crippen MR) is 120 cm³/mol. The molecule has 35 heavy (non-hydrogen) atoms. The first-order valence-electron chi connectivity index (χ1n) is 11.2. The zero-order chi connectivity index (χ0) is 24.9. The number of rotatable bonds is 5. The van der Waals surface area contributed by atoms with Gasteiger partial charge in [-0.2, -0.15) is 0 Å². The Morgan fingerprint density at radius 3 is 2.69 bits per heavy atom. The van der Waals surface area contributed by atoms with Crippen molar-refractivity contribution < 1.29 is 28.0 Å².